The minimum absolute atomic E-state index is 0.781. The van der Waals surface area contributed by atoms with Gasteiger partial charge in [-0.3, -0.25) is 0 Å². The first kappa shape index (κ1) is 13.0. The van der Waals surface area contributed by atoms with Crippen LogP contribution >= 0.6 is 0 Å². The number of likely N-dealkylation sites (tertiary alicyclic amines) is 1. The number of hydrogen-bond donors (Lipinski definition) is 1. The van der Waals surface area contributed by atoms with E-state index in [9.17, 15) is 0 Å². The summed E-state index contributed by atoms with van der Waals surface area (Å²) in [7, 11) is 0. The van der Waals surface area contributed by atoms with E-state index in [0.29, 0.717) is 0 Å². The molecule has 1 heterocycles. The van der Waals surface area contributed by atoms with E-state index >= 15 is 0 Å². The van der Waals surface area contributed by atoms with Gasteiger partial charge in [-0.1, -0.05) is 13.8 Å². The molecule has 0 radical (unpaired) electrons. The molecule has 0 spiro atoms. The highest BCUT2D eigenvalue weighted by molar-refractivity contribution is 4.74. The molecule has 1 aliphatic heterocycles. The van der Waals surface area contributed by atoms with E-state index in [0.717, 1.165) is 12.0 Å². The smallest absolute Gasteiger partial charge is 0.00674 e. The van der Waals surface area contributed by atoms with Gasteiger partial charge in [-0.2, -0.15) is 0 Å². The lowest BCUT2D eigenvalue weighted by molar-refractivity contribution is 0.262. The van der Waals surface area contributed by atoms with Crippen LogP contribution in [0.5, 0.6) is 0 Å². The van der Waals surface area contributed by atoms with Crippen LogP contribution in [0.2, 0.25) is 0 Å². The van der Waals surface area contributed by atoms with Crippen LogP contribution in [0, 0.1) is 5.92 Å². The fraction of sp³-hybridized carbons (Fsp3) is 1.00. The Morgan fingerprint density at radius 2 is 2.13 bits per heavy atom. The Kier molecular flexibility index (Phi) is 6.26. The van der Waals surface area contributed by atoms with Gasteiger partial charge in [0.05, 0.1) is 0 Å². The van der Waals surface area contributed by atoms with Crippen LogP contribution in [-0.2, 0) is 0 Å². The lowest BCUT2D eigenvalue weighted by Crippen LogP contribution is -2.28. The van der Waals surface area contributed by atoms with Gasteiger partial charge in [-0.15, -0.1) is 0 Å². The van der Waals surface area contributed by atoms with E-state index in [2.05, 4.69) is 31.0 Å². The first-order valence-corrected chi connectivity index (χ1v) is 6.65. The van der Waals surface area contributed by atoms with Crippen molar-refractivity contribution in [3.63, 3.8) is 0 Å². The third-order valence-electron chi connectivity index (χ3n) is 3.29. The molecule has 1 N–H and O–H groups in total. The van der Waals surface area contributed by atoms with Crippen molar-refractivity contribution in [2.75, 3.05) is 26.2 Å². The van der Waals surface area contributed by atoms with Crippen LogP contribution in [0.4, 0.5) is 0 Å². The first-order chi connectivity index (χ1) is 7.20. The van der Waals surface area contributed by atoms with Crippen LogP contribution in [0.15, 0.2) is 0 Å². The number of rotatable bonds is 7. The minimum Gasteiger partial charge on any atom is -0.316 e. The summed E-state index contributed by atoms with van der Waals surface area (Å²) in [4.78, 5) is 2.64. The van der Waals surface area contributed by atoms with E-state index in [1.807, 2.05) is 0 Å². The summed E-state index contributed by atoms with van der Waals surface area (Å²) in [5, 5.41) is 3.50. The summed E-state index contributed by atoms with van der Waals surface area (Å²) in [6, 6.07) is 0.841. The lowest BCUT2D eigenvalue weighted by atomic mass is 10.2. The molecule has 0 amide bonds. The second-order valence-electron chi connectivity index (χ2n) is 5.33. The second-order valence-corrected chi connectivity index (χ2v) is 5.33. The Labute approximate surface area is 95.4 Å². The third kappa shape index (κ3) is 5.53. The van der Waals surface area contributed by atoms with Crippen molar-refractivity contribution in [1.29, 1.82) is 0 Å². The summed E-state index contributed by atoms with van der Waals surface area (Å²) in [6.45, 7) is 11.9. The van der Waals surface area contributed by atoms with Gasteiger partial charge in [0.15, 0.2) is 0 Å². The highest BCUT2D eigenvalue weighted by Gasteiger charge is 2.18. The first-order valence-electron chi connectivity index (χ1n) is 6.65. The Balaban J connectivity index is 1.88. The van der Waals surface area contributed by atoms with E-state index in [1.54, 1.807) is 0 Å². The topological polar surface area (TPSA) is 15.3 Å². The van der Waals surface area contributed by atoms with E-state index in [-0.39, 0.29) is 0 Å². The zero-order valence-electron chi connectivity index (χ0n) is 10.8. The fourth-order valence-electron chi connectivity index (χ4n) is 2.28. The van der Waals surface area contributed by atoms with Crippen molar-refractivity contribution < 1.29 is 0 Å². The average Bonchev–Trinajstić information content (AvgIpc) is 2.57. The van der Waals surface area contributed by atoms with Gasteiger partial charge in [0.2, 0.25) is 0 Å². The van der Waals surface area contributed by atoms with Crippen LogP contribution in [0.25, 0.3) is 0 Å². The highest BCUT2D eigenvalue weighted by atomic mass is 15.2. The van der Waals surface area contributed by atoms with Crippen molar-refractivity contribution in [3.8, 4) is 0 Å². The van der Waals surface area contributed by atoms with Gasteiger partial charge in [0.1, 0.15) is 0 Å². The van der Waals surface area contributed by atoms with E-state index in [1.165, 1.54) is 51.9 Å². The monoisotopic (exact) mass is 212 g/mol. The molecular formula is C13H28N2. The normalized spacial score (nSPS) is 22.8. The molecule has 1 atom stereocenters. The molecule has 0 saturated carbocycles. The summed E-state index contributed by atoms with van der Waals surface area (Å²) in [5.41, 5.74) is 0. The number of nitrogens with zero attached hydrogens (tertiary/aromatic N) is 1. The maximum atomic E-state index is 3.50. The van der Waals surface area contributed by atoms with Crippen LogP contribution in [-0.4, -0.2) is 37.1 Å². The molecule has 2 heteroatoms. The molecule has 0 bridgehead atoms. The van der Waals surface area contributed by atoms with Gasteiger partial charge >= 0.3 is 0 Å². The Hall–Kier alpha value is -0.0800. The summed E-state index contributed by atoms with van der Waals surface area (Å²) < 4.78 is 0. The molecule has 90 valence electrons. The number of nitrogens with one attached hydrogen (secondary N) is 1. The van der Waals surface area contributed by atoms with Crippen LogP contribution < -0.4 is 5.32 Å². The van der Waals surface area contributed by atoms with Crippen molar-refractivity contribution >= 4 is 0 Å². The molecule has 1 unspecified atom stereocenters. The molecule has 1 saturated heterocycles. The van der Waals surface area contributed by atoms with E-state index in [4.69, 9.17) is 0 Å². The summed E-state index contributed by atoms with van der Waals surface area (Å²) >= 11 is 0. The molecule has 15 heavy (non-hydrogen) atoms. The van der Waals surface area contributed by atoms with Gasteiger partial charge in [0, 0.05) is 6.04 Å². The molecule has 0 aromatic carbocycles. The lowest BCUT2D eigenvalue weighted by Gasteiger charge is -2.20. The van der Waals surface area contributed by atoms with Gasteiger partial charge in [0.25, 0.3) is 0 Å². The quantitative estimate of drug-likeness (QED) is 0.652. The molecule has 1 fully saturated rings. The van der Waals surface area contributed by atoms with Crippen molar-refractivity contribution in [2.24, 2.45) is 5.92 Å². The third-order valence-corrected chi connectivity index (χ3v) is 3.29. The SMILES string of the molecule is CC(C)CNCCCCN1CCCC1C. The summed E-state index contributed by atoms with van der Waals surface area (Å²) in [6.07, 6.45) is 5.50. The largest absolute Gasteiger partial charge is 0.316 e. The fourth-order valence-corrected chi connectivity index (χ4v) is 2.28. The summed E-state index contributed by atoms with van der Waals surface area (Å²) in [5.74, 6) is 0.781. The predicted octanol–water partition coefficient (Wildman–Crippen LogP) is 2.50. The highest BCUT2D eigenvalue weighted by Crippen LogP contribution is 2.16. The number of hydrogen-bond acceptors (Lipinski definition) is 2. The maximum absolute atomic E-state index is 3.50. The average molecular weight is 212 g/mol. The Bertz CT molecular complexity index is 157. The predicted molar refractivity (Wildman–Crippen MR) is 67.2 cm³/mol. The van der Waals surface area contributed by atoms with Gasteiger partial charge in [-0.25, -0.2) is 0 Å². The van der Waals surface area contributed by atoms with Crippen molar-refractivity contribution in [3.05, 3.63) is 0 Å². The van der Waals surface area contributed by atoms with Crippen LogP contribution in [0.3, 0.4) is 0 Å². The standard InChI is InChI=1S/C13H28N2/c1-12(2)11-14-8-4-5-9-15-10-6-7-13(15)3/h12-14H,4-11H2,1-3H3. The van der Waals surface area contributed by atoms with Gasteiger partial charge < -0.3 is 10.2 Å². The second kappa shape index (κ2) is 7.24. The van der Waals surface area contributed by atoms with Crippen molar-refractivity contribution in [1.82, 2.24) is 10.2 Å². The molecular weight excluding hydrogens is 184 g/mol. The molecule has 2 nitrogen and oxygen atoms in total. The van der Waals surface area contributed by atoms with E-state index < -0.39 is 0 Å². The molecule has 0 aromatic rings. The molecule has 0 aliphatic carbocycles. The molecule has 1 aliphatic rings. The van der Waals surface area contributed by atoms with Crippen molar-refractivity contribution in [2.45, 2.75) is 52.5 Å². The zero-order valence-corrected chi connectivity index (χ0v) is 10.8. The Morgan fingerprint density at radius 1 is 1.33 bits per heavy atom. The minimum atomic E-state index is 0.781. The van der Waals surface area contributed by atoms with Gasteiger partial charge in [-0.05, 0) is 64.7 Å². The molecule has 0 aromatic heterocycles. The maximum Gasteiger partial charge on any atom is 0.00674 e. The number of unbranched alkanes of at least 4 members (excludes halogenated alkanes) is 1. The molecule has 1 rings (SSSR count). The van der Waals surface area contributed by atoms with Crippen LogP contribution in [0.1, 0.15) is 46.5 Å². The zero-order chi connectivity index (χ0) is 11.1. The Morgan fingerprint density at radius 3 is 2.73 bits per heavy atom.